The zero-order chi connectivity index (χ0) is 20.2. The minimum absolute atomic E-state index is 0.181. The highest BCUT2D eigenvalue weighted by Crippen LogP contribution is 2.44. The number of nitrogens with one attached hydrogen (secondary N) is 2. The Labute approximate surface area is 172 Å². The van der Waals surface area contributed by atoms with Gasteiger partial charge in [-0.3, -0.25) is 9.89 Å². The lowest BCUT2D eigenvalue weighted by Crippen LogP contribution is -2.44. The zero-order valence-electron chi connectivity index (χ0n) is 15.8. The Morgan fingerprint density at radius 3 is 2.66 bits per heavy atom. The van der Waals surface area contributed by atoms with E-state index < -0.39 is 0 Å². The molecule has 29 heavy (non-hydrogen) atoms. The molecule has 0 radical (unpaired) electrons. The number of nitrogen functional groups attached to an aromatic ring is 2. The maximum absolute atomic E-state index is 12.3. The SMILES string of the molecule is Nc1ncc(-c2ccc3c(N)n[nH]c3c2)c(N2CCC3(CCNC3=O)CC2)c1Cl. The van der Waals surface area contributed by atoms with E-state index in [9.17, 15) is 4.79 Å². The second-order valence-electron chi connectivity index (χ2n) is 7.86. The summed E-state index contributed by atoms with van der Waals surface area (Å²) in [4.78, 5) is 18.8. The zero-order valence-corrected chi connectivity index (χ0v) is 16.6. The number of hydrogen-bond donors (Lipinski definition) is 4. The Bertz CT molecular complexity index is 1120. The number of carbonyl (C=O) groups is 1. The molecule has 4 heterocycles. The van der Waals surface area contributed by atoms with Gasteiger partial charge in [0.2, 0.25) is 5.91 Å². The highest BCUT2D eigenvalue weighted by atomic mass is 35.5. The Balaban J connectivity index is 1.54. The number of H-pyrrole nitrogens is 1. The number of fused-ring (bicyclic) bond motifs is 1. The van der Waals surface area contributed by atoms with Crippen LogP contribution in [0.5, 0.6) is 0 Å². The van der Waals surface area contributed by atoms with Gasteiger partial charge in [-0.05, 0) is 37.0 Å². The average molecular weight is 412 g/mol. The van der Waals surface area contributed by atoms with Gasteiger partial charge >= 0.3 is 0 Å². The van der Waals surface area contributed by atoms with Crippen molar-refractivity contribution in [2.45, 2.75) is 19.3 Å². The number of amides is 1. The predicted molar refractivity (Wildman–Crippen MR) is 115 cm³/mol. The van der Waals surface area contributed by atoms with Crippen molar-refractivity contribution >= 4 is 45.7 Å². The molecular formula is C20H22ClN7O. The van der Waals surface area contributed by atoms with Crippen LogP contribution in [0.2, 0.25) is 5.02 Å². The molecule has 2 aliphatic rings. The van der Waals surface area contributed by atoms with E-state index in [-0.39, 0.29) is 11.3 Å². The van der Waals surface area contributed by atoms with Crippen molar-refractivity contribution in [1.29, 1.82) is 0 Å². The number of aromatic nitrogens is 3. The number of pyridine rings is 1. The van der Waals surface area contributed by atoms with Gasteiger partial charge < -0.3 is 21.7 Å². The number of halogens is 1. The molecule has 2 aromatic heterocycles. The smallest absolute Gasteiger partial charge is 0.226 e. The van der Waals surface area contributed by atoms with Gasteiger partial charge in [-0.15, -0.1) is 0 Å². The standard InChI is InChI=1S/C20H22ClN7O/c21-15-16(28-7-4-20(5-8-28)3-6-24-19(20)29)13(10-25-18(15)23)11-1-2-12-14(9-11)26-27-17(12)22/h1-2,9-10H,3-8H2,(H2,23,25)(H,24,29)(H3,22,26,27). The first-order chi connectivity index (χ1) is 14.0. The molecule has 0 aliphatic carbocycles. The summed E-state index contributed by atoms with van der Waals surface area (Å²) in [5, 5.41) is 11.3. The number of benzene rings is 1. The summed E-state index contributed by atoms with van der Waals surface area (Å²) in [5.41, 5.74) is 15.2. The molecule has 2 fully saturated rings. The number of aromatic amines is 1. The number of hydrogen-bond acceptors (Lipinski definition) is 6. The van der Waals surface area contributed by atoms with E-state index in [0.29, 0.717) is 16.7 Å². The third kappa shape index (κ3) is 2.78. The van der Waals surface area contributed by atoms with Gasteiger partial charge in [-0.2, -0.15) is 5.10 Å². The van der Waals surface area contributed by atoms with Crippen LogP contribution >= 0.6 is 11.6 Å². The summed E-state index contributed by atoms with van der Waals surface area (Å²) in [6.45, 7) is 2.24. The van der Waals surface area contributed by atoms with Crippen molar-refractivity contribution in [3.8, 4) is 11.1 Å². The molecule has 0 atom stereocenters. The molecule has 0 unspecified atom stereocenters. The Morgan fingerprint density at radius 2 is 1.93 bits per heavy atom. The van der Waals surface area contributed by atoms with Crippen molar-refractivity contribution < 1.29 is 4.79 Å². The fourth-order valence-electron chi connectivity index (χ4n) is 4.57. The van der Waals surface area contributed by atoms with E-state index >= 15 is 0 Å². The van der Waals surface area contributed by atoms with Crippen LogP contribution < -0.4 is 21.7 Å². The van der Waals surface area contributed by atoms with Gasteiger partial charge in [0.15, 0.2) is 5.82 Å². The lowest BCUT2D eigenvalue weighted by atomic mass is 9.77. The van der Waals surface area contributed by atoms with Crippen LogP contribution in [0, 0.1) is 5.41 Å². The highest BCUT2D eigenvalue weighted by Gasteiger charge is 2.44. The molecule has 8 nitrogen and oxygen atoms in total. The summed E-state index contributed by atoms with van der Waals surface area (Å²) in [6.07, 6.45) is 4.25. The average Bonchev–Trinajstić information content (AvgIpc) is 3.27. The summed E-state index contributed by atoms with van der Waals surface area (Å²) in [5.74, 6) is 0.951. The summed E-state index contributed by atoms with van der Waals surface area (Å²) in [7, 11) is 0. The minimum Gasteiger partial charge on any atom is -0.382 e. The van der Waals surface area contributed by atoms with Crippen LogP contribution in [0.4, 0.5) is 17.3 Å². The molecular weight excluding hydrogens is 390 g/mol. The van der Waals surface area contributed by atoms with Crippen LogP contribution in [-0.2, 0) is 4.79 Å². The first-order valence-corrected chi connectivity index (χ1v) is 10.1. The van der Waals surface area contributed by atoms with Gasteiger partial charge in [0, 0.05) is 36.8 Å². The van der Waals surface area contributed by atoms with Crippen molar-refractivity contribution in [2.24, 2.45) is 5.41 Å². The van der Waals surface area contributed by atoms with Gasteiger partial charge in [0.25, 0.3) is 0 Å². The van der Waals surface area contributed by atoms with Gasteiger partial charge in [-0.25, -0.2) is 4.98 Å². The van der Waals surface area contributed by atoms with Gasteiger partial charge in [0.05, 0.1) is 16.6 Å². The van der Waals surface area contributed by atoms with Crippen LogP contribution in [0.25, 0.3) is 22.0 Å². The van der Waals surface area contributed by atoms with E-state index in [0.717, 1.165) is 66.6 Å². The molecule has 1 spiro atoms. The lowest BCUT2D eigenvalue weighted by Gasteiger charge is -2.39. The van der Waals surface area contributed by atoms with Crippen LogP contribution in [0.1, 0.15) is 19.3 Å². The first-order valence-electron chi connectivity index (χ1n) is 9.70. The summed E-state index contributed by atoms with van der Waals surface area (Å²) >= 11 is 6.64. The third-order valence-electron chi connectivity index (χ3n) is 6.33. The minimum atomic E-state index is -0.242. The second kappa shape index (κ2) is 6.52. The van der Waals surface area contributed by atoms with Gasteiger partial charge in [0.1, 0.15) is 10.8 Å². The molecule has 1 amide bonds. The monoisotopic (exact) mass is 411 g/mol. The van der Waals surface area contributed by atoms with Crippen molar-refractivity contribution in [2.75, 3.05) is 36.0 Å². The van der Waals surface area contributed by atoms with Gasteiger partial charge in [-0.1, -0.05) is 17.7 Å². The maximum atomic E-state index is 12.3. The molecule has 0 saturated carbocycles. The van der Waals surface area contributed by atoms with E-state index in [1.807, 2.05) is 18.2 Å². The highest BCUT2D eigenvalue weighted by molar-refractivity contribution is 6.36. The number of anilines is 3. The number of carbonyl (C=O) groups excluding carboxylic acids is 1. The van der Waals surface area contributed by atoms with Crippen LogP contribution in [0.3, 0.4) is 0 Å². The van der Waals surface area contributed by atoms with E-state index in [4.69, 9.17) is 23.1 Å². The molecule has 6 N–H and O–H groups in total. The molecule has 3 aromatic rings. The molecule has 2 aliphatic heterocycles. The van der Waals surface area contributed by atoms with Crippen molar-refractivity contribution in [1.82, 2.24) is 20.5 Å². The fraction of sp³-hybridized carbons (Fsp3) is 0.350. The maximum Gasteiger partial charge on any atom is 0.226 e. The topological polar surface area (TPSA) is 126 Å². The lowest BCUT2D eigenvalue weighted by molar-refractivity contribution is -0.128. The largest absolute Gasteiger partial charge is 0.382 e. The predicted octanol–water partition coefficient (Wildman–Crippen LogP) is 2.55. The number of nitrogens with zero attached hydrogens (tertiary/aromatic N) is 3. The third-order valence-corrected chi connectivity index (χ3v) is 6.70. The van der Waals surface area contributed by atoms with Crippen LogP contribution in [0.15, 0.2) is 24.4 Å². The quantitative estimate of drug-likeness (QED) is 0.513. The van der Waals surface area contributed by atoms with E-state index in [2.05, 4.69) is 25.4 Å². The van der Waals surface area contributed by atoms with Crippen LogP contribution in [-0.4, -0.2) is 40.7 Å². The summed E-state index contributed by atoms with van der Waals surface area (Å²) in [6, 6.07) is 5.91. The fourth-order valence-corrected chi connectivity index (χ4v) is 4.84. The normalized spacial score (nSPS) is 18.5. The van der Waals surface area contributed by atoms with Crippen molar-refractivity contribution in [3.63, 3.8) is 0 Å². The van der Waals surface area contributed by atoms with Crippen molar-refractivity contribution in [3.05, 3.63) is 29.4 Å². The molecule has 5 rings (SSSR count). The number of nitrogens with two attached hydrogens (primary N) is 2. The number of piperidine rings is 1. The Hall–Kier alpha value is -3.00. The molecule has 0 bridgehead atoms. The van der Waals surface area contributed by atoms with E-state index in [1.165, 1.54) is 0 Å². The second-order valence-corrected chi connectivity index (χ2v) is 8.24. The molecule has 9 heteroatoms. The molecule has 150 valence electrons. The summed E-state index contributed by atoms with van der Waals surface area (Å²) < 4.78 is 0. The molecule has 2 saturated heterocycles. The molecule has 1 aromatic carbocycles. The Kier molecular flexibility index (Phi) is 4.06. The number of rotatable bonds is 2. The van der Waals surface area contributed by atoms with E-state index in [1.54, 1.807) is 6.20 Å². The Morgan fingerprint density at radius 1 is 1.14 bits per heavy atom. The first kappa shape index (κ1) is 18.1.